The number of fused-ring (bicyclic) bond motifs is 4. The molecular formula is C55H61F3N6O6. The molecule has 4 aromatic carbocycles. The first-order valence-corrected chi connectivity index (χ1v) is 22.6. The first-order chi connectivity index (χ1) is 33.2. The topological polar surface area (TPSA) is 138 Å². The first kappa shape index (κ1) is 52.0. The summed E-state index contributed by atoms with van der Waals surface area (Å²) in [4.78, 5) is 62.1. The van der Waals surface area contributed by atoms with E-state index in [1.807, 2.05) is 41.5 Å². The van der Waals surface area contributed by atoms with Gasteiger partial charge in [-0.15, -0.1) is 0 Å². The third kappa shape index (κ3) is 14.3. The second-order valence-electron chi connectivity index (χ2n) is 18.7. The lowest BCUT2D eigenvalue weighted by molar-refractivity contribution is 0.0207. The van der Waals surface area contributed by atoms with Crippen LogP contribution in [-0.2, 0) is 35.4 Å². The van der Waals surface area contributed by atoms with E-state index in [9.17, 15) is 32.3 Å². The molecule has 2 aliphatic heterocycles. The molecule has 0 saturated carbocycles. The summed E-state index contributed by atoms with van der Waals surface area (Å²) in [5.41, 5.74) is 2.39. The maximum absolute atomic E-state index is 13.4. The highest BCUT2D eigenvalue weighted by Crippen LogP contribution is 2.22. The molecule has 6 aromatic rings. The van der Waals surface area contributed by atoms with Crippen LogP contribution in [0.4, 0.5) is 22.8 Å². The summed E-state index contributed by atoms with van der Waals surface area (Å²) in [6, 6.07) is 22.7. The van der Waals surface area contributed by atoms with Crippen molar-refractivity contribution in [3.8, 4) is 23.7 Å². The molecule has 4 heterocycles. The number of benzene rings is 4. The number of hydrogen-bond donors (Lipinski definition) is 1. The predicted octanol–water partition coefficient (Wildman–Crippen LogP) is 9.89. The minimum absolute atomic E-state index is 0. The SMILES string of the molecule is C.CC(C)(C)OC(=O)NC1CCc2nc3cc(C#Cc4cccc(F)c4)ccc3c(=O)n2CC1.CN(C(=O)OC(C)(C)C)C1CCc2nc3cc(C#Cc4cccc(F)c4)ccc3c(=O)n2CC1.[2H]CF. The van der Waals surface area contributed by atoms with Gasteiger partial charge in [-0.3, -0.25) is 23.1 Å². The van der Waals surface area contributed by atoms with E-state index >= 15 is 0 Å². The number of carbonyl (C=O) groups is 2. The molecule has 0 saturated heterocycles. The summed E-state index contributed by atoms with van der Waals surface area (Å²) >= 11 is 0. The predicted molar refractivity (Wildman–Crippen MR) is 267 cm³/mol. The van der Waals surface area contributed by atoms with E-state index in [1.165, 1.54) is 24.3 Å². The minimum Gasteiger partial charge on any atom is -0.444 e. The van der Waals surface area contributed by atoms with Crippen molar-refractivity contribution >= 4 is 34.0 Å². The van der Waals surface area contributed by atoms with Gasteiger partial charge in [0.15, 0.2) is 0 Å². The van der Waals surface area contributed by atoms with Crippen molar-refractivity contribution in [3.63, 3.8) is 0 Å². The van der Waals surface area contributed by atoms with Gasteiger partial charge in [0.25, 0.3) is 11.1 Å². The number of carbonyl (C=O) groups excluding carboxylic acids is 2. The summed E-state index contributed by atoms with van der Waals surface area (Å²) in [5, 5.41) is 3.96. The van der Waals surface area contributed by atoms with Gasteiger partial charge in [0.2, 0.25) is 0 Å². The van der Waals surface area contributed by atoms with Crippen LogP contribution in [0.25, 0.3) is 21.8 Å². The van der Waals surface area contributed by atoms with E-state index in [1.54, 1.807) is 81.7 Å². The first-order valence-electron chi connectivity index (χ1n) is 23.3. The lowest BCUT2D eigenvalue weighted by atomic mass is 10.1. The molecule has 2 aromatic heterocycles. The highest BCUT2D eigenvalue weighted by atomic mass is 19.1. The molecule has 0 bridgehead atoms. The zero-order valence-corrected chi connectivity index (χ0v) is 39.9. The smallest absolute Gasteiger partial charge is 0.410 e. The molecule has 70 heavy (non-hydrogen) atoms. The van der Waals surface area contributed by atoms with Crippen molar-refractivity contribution in [1.29, 1.82) is 0 Å². The van der Waals surface area contributed by atoms with Crippen LogP contribution in [0, 0.1) is 35.3 Å². The number of nitrogens with zero attached hydrogens (tertiary/aromatic N) is 5. The Morgan fingerprint density at radius 1 is 0.686 bits per heavy atom. The summed E-state index contributed by atoms with van der Waals surface area (Å²) in [6.45, 7) is 11.9. The van der Waals surface area contributed by atoms with Gasteiger partial charge in [0.05, 0.1) is 30.3 Å². The van der Waals surface area contributed by atoms with Crippen molar-refractivity contribution in [2.45, 2.75) is 124 Å². The number of rotatable bonds is 2. The molecule has 8 rings (SSSR count). The van der Waals surface area contributed by atoms with Crippen molar-refractivity contribution in [2.24, 2.45) is 0 Å². The molecule has 15 heteroatoms. The van der Waals surface area contributed by atoms with Crippen LogP contribution < -0.4 is 16.4 Å². The molecular weight excluding hydrogens is 898 g/mol. The molecule has 1 N–H and O–H groups in total. The summed E-state index contributed by atoms with van der Waals surface area (Å²) in [6.07, 6.45) is 2.93. The normalized spacial score (nSPS) is 15.3. The van der Waals surface area contributed by atoms with Gasteiger partial charge in [0, 0.05) is 67.3 Å². The summed E-state index contributed by atoms with van der Waals surface area (Å²) in [5.74, 6) is 12.6. The van der Waals surface area contributed by atoms with Crippen LogP contribution in [0.5, 0.6) is 0 Å². The van der Waals surface area contributed by atoms with Gasteiger partial charge in [-0.1, -0.05) is 43.2 Å². The largest absolute Gasteiger partial charge is 0.444 e. The zero-order chi connectivity index (χ0) is 50.8. The molecule has 0 radical (unpaired) electrons. The van der Waals surface area contributed by atoms with Gasteiger partial charge in [-0.05, 0) is 140 Å². The Kier molecular flexibility index (Phi) is 17.3. The second-order valence-corrected chi connectivity index (χ2v) is 18.7. The van der Waals surface area contributed by atoms with Crippen molar-refractivity contribution in [3.05, 3.63) is 151 Å². The maximum Gasteiger partial charge on any atom is 0.410 e. The van der Waals surface area contributed by atoms with Gasteiger partial charge >= 0.3 is 12.2 Å². The Morgan fingerprint density at radius 2 is 1.13 bits per heavy atom. The standard InChI is InChI=1S/C27H28FN3O3.C26H26FN3O3.CH3F.CH4/c1-27(2,3)34-26(33)30(4)21-11-13-24-29-23-17-19(9-8-18-6-5-7-20(28)16-18)10-12-22(23)25(32)31(24)15-14-21;1-26(2,3)33-25(32)28-20-10-12-23-29-22-16-18(8-7-17-5-4-6-19(27)15-17)9-11-21(22)24(31)30(23)14-13-20;1-2;/h5-7,10,12,16-17,21H,11,13-15H2,1-4H3;4-6,9,11,15-16,20H,10,12-14H2,1-3H3,(H,28,32);1H3;1H4/i;;1D;. The van der Waals surface area contributed by atoms with Gasteiger partial charge in [0.1, 0.15) is 34.5 Å². The van der Waals surface area contributed by atoms with Crippen LogP contribution in [0.3, 0.4) is 0 Å². The summed E-state index contributed by atoms with van der Waals surface area (Å²) < 4.78 is 56.5. The number of aromatic nitrogens is 4. The van der Waals surface area contributed by atoms with Gasteiger partial charge in [-0.2, -0.15) is 0 Å². The number of nitrogens with one attached hydrogen (secondary N) is 1. The molecule has 0 aliphatic carbocycles. The Balaban J connectivity index is 0.000000247. The number of ether oxygens (including phenoxy) is 2. The Hall–Kier alpha value is -7.39. The minimum atomic E-state index is -1.00. The molecule has 12 nitrogen and oxygen atoms in total. The van der Waals surface area contributed by atoms with E-state index < -0.39 is 24.4 Å². The average molecular weight is 960 g/mol. The van der Waals surface area contributed by atoms with Crippen molar-refractivity contribution in [2.75, 3.05) is 14.2 Å². The number of alkyl halides is 1. The average Bonchev–Trinajstić information content (AvgIpc) is 3.63. The molecule has 0 fully saturated rings. The molecule has 2 aliphatic rings. The van der Waals surface area contributed by atoms with Crippen molar-refractivity contribution < 1.29 is 33.6 Å². The van der Waals surface area contributed by atoms with E-state index in [-0.39, 0.29) is 48.4 Å². The van der Waals surface area contributed by atoms with Crippen LogP contribution in [0.2, 0.25) is 0 Å². The van der Waals surface area contributed by atoms with Crippen LogP contribution in [0.1, 0.15) is 110 Å². The fourth-order valence-electron chi connectivity index (χ4n) is 7.89. The lowest BCUT2D eigenvalue weighted by Gasteiger charge is -2.30. The van der Waals surface area contributed by atoms with Crippen LogP contribution in [-0.4, -0.2) is 73.7 Å². The fraction of sp³-hybridized carbons (Fsp3) is 0.382. The Morgan fingerprint density at radius 3 is 1.59 bits per heavy atom. The third-order valence-electron chi connectivity index (χ3n) is 11.2. The van der Waals surface area contributed by atoms with E-state index in [4.69, 9.17) is 20.8 Å². The molecule has 0 spiro atoms. The number of hydrogen-bond acceptors (Lipinski definition) is 8. The second kappa shape index (κ2) is 23.3. The van der Waals surface area contributed by atoms with E-state index in [0.29, 0.717) is 107 Å². The van der Waals surface area contributed by atoms with Gasteiger partial charge in [-0.25, -0.2) is 28.3 Å². The fourth-order valence-corrected chi connectivity index (χ4v) is 7.89. The Bertz CT molecular complexity index is 3140. The molecule has 2 atom stereocenters. The third-order valence-corrected chi connectivity index (χ3v) is 11.2. The summed E-state index contributed by atoms with van der Waals surface area (Å²) in [7, 11) is 0.741. The monoisotopic (exact) mass is 959 g/mol. The number of aryl methyl sites for hydroxylation is 2. The van der Waals surface area contributed by atoms with Crippen LogP contribution in [0.15, 0.2) is 94.5 Å². The number of alkyl carbamates (subject to hydrolysis) is 1. The highest BCUT2D eigenvalue weighted by molar-refractivity contribution is 5.80. The zero-order valence-electron chi connectivity index (χ0n) is 40.9. The van der Waals surface area contributed by atoms with Gasteiger partial charge < -0.3 is 19.7 Å². The van der Waals surface area contributed by atoms with Crippen molar-refractivity contribution in [1.82, 2.24) is 29.3 Å². The van der Waals surface area contributed by atoms with Crippen LogP contribution >= 0.6 is 0 Å². The molecule has 368 valence electrons. The molecule has 2 amide bonds. The quantitative estimate of drug-likeness (QED) is 0.170. The number of amides is 2. The maximum atomic E-state index is 13.4. The molecule has 2 unspecified atom stereocenters. The number of halogens is 3. The van der Waals surface area contributed by atoms with E-state index in [0.717, 1.165) is 0 Å². The Labute approximate surface area is 408 Å². The lowest BCUT2D eigenvalue weighted by Crippen LogP contribution is -2.41. The highest BCUT2D eigenvalue weighted by Gasteiger charge is 2.28. The van der Waals surface area contributed by atoms with E-state index in [2.05, 4.69) is 29.0 Å².